The molecule has 3 aromatic rings. The lowest BCUT2D eigenvalue weighted by Gasteiger charge is -2.34. The molecule has 0 atom stereocenters. The Balaban J connectivity index is 1.40. The number of benzene rings is 2. The Morgan fingerprint density at radius 2 is 1.73 bits per heavy atom. The van der Waals surface area contributed by atoms with Crippen LogP contribution in [0.4, 0.5) is 5.13 Å². The number of methoxy groups -OCH3 is 3. The molecule has 0 saturated carbocycles. The van der Waals surface area contributed by atoms with Crippen LogP contribution in [0.5, 0.6) is 17.2 Å². The van der Waals surface area contributed by atoms with Gasteiger partial charge in [0.1, 0.15) is 0 Å². The number of fused-ring (bicyclic) bond motifs is 1. The summed E-state index contributed by atoms with van der Waals surface area (Å²) < 4.78 is 17.3. The number of carbonyl (C=O) groups excluding carboxylic acids is 1. The molecule has 1 saturated heterocycles. The molecule has 174 valence electrons. The molecular weight excluding hydrogens is 458 g/mol. The van der Waals surface area contributed by atoms with Gasteiger partial charge in [0.2, 0.25) is 11.7 Å². The number of hydrogen-bond donors (Lipinski definition) is 0. The van der Waals surface area contributed by atoms with Crippen LogP contribution in [0, 0.1) is 0 Å². The van der Waals surface area contributed by atoms with Crippen LogP contribution in [-0.4, -0.2) is 69.6 Å². The molecule has 4 rings (SSSR count). The van der Waals surface area contributed by atoms with Gasteiger partial charge in [-0.15, -0.1) is 11.8 Å². The summed E-state index contributed by atoms with van der Waals surface area (Å²) in [6, 6.07) is 10.0. The van der Waals surface area contributed by atoms with E-state index < -0.39 is 0 Å². The second kappa shape index (κ2) is 10.4. The van der Waals surface area contributed by atoms with Gasteiger partial charge in [-0.2, -0.15) is 0 Å². The Hall–Kier alpha value is -2.91. The third kappa shape index (κ3) is 5.04. The number of thiazole rings is 1. The Morgan fingerprint density at radius 3 is 2.33 bits per heavy atom. The van der Waals surface area contributed by atoms with Gasteiger partial charge in [0, 0.05) is 37.2 Å². The van der Waals surface area contributed by atoms with Crippen molar-refractivity contribution < 1.29 is 19.0 Å². The highest BCUT2D eigenvalue weighted by Gasteiger charge is 2.22. The molecule has 1 aliphatic rings. The maximum atomic E-state index is 12.8. The summed E-state index contributed by atoms with van der Waals surface area (Å²) in [4.78, 5) is 22.9. The maximum absolute atomic E-state index is 12.8. The molecule has 1 amide bonds. The minimum Gasteiger partial charge on any atom is -0.493 e. The van der Waals surface area contributed by atoms with Crippen molar-refractivity contribution in [1.29, 1.82) is 0 Å². The van der Waals surface area contributed by atoms with Gasteiger partial charge in [-0.3, -0.25) is 4.79 Å². The smallest absolute Gasteiger partial charge is 0.246 e. The fraction of sp³-hybridized carbons (Fsp3) is 0.333. The third-order valence-corrected chi connectivity index (χ3v) is 7.36. The van der Waals surface area contributed by atoms with E-state index in [1.165, 1.54) is 9.60 Å². The molecule has 0 radical (unpaired) electrons. The fourth-order valence-corrected chi connectivity index (χ4v) is 5.31. The van der Waals surface area contributed by atoms with Crippen molar-refractivity contribution in [2.75, 3.05) is 58.7 Å². The predicted octanol–water partition coefficient (Wildman–Crippen LogP) is 4.41. The average Bonchev–Trinajstić information content (AvgIpc) is 3.29. The van der Waals surface area contributed by atoms with Crippen molar-refractivity contribution in [3.63, 3.8) is 0 Å². The zero-order chi connectivity index (χ0) is 23.4. The average molecular weight is 486 g/mol. The van der Waals surface area contributed by atoms with E-state index >= 15 is 0 Å². The largest absolute Gasteiger partial charge is 0.493 e. The number of thioether (sulfide) groups is 1. The van der Waals surface area contributed by atoms with Gasteiger partial charge < -0.3 is 24.0 Å². The van der Waals surface area contributed by atoms with E-state index in [0.717, 1.165) is 29.3 Å². The summed E-state index contributed by atoms with van der Waals surface area (Å²) in [7, 11) is 4.71. The fourth-order valence-electron chi connectivity index (χ4n) is 3.74. The minimum atomic E-state index is -0.0164. The summed E-state index contributed by atoms with van der Waals surface area (Å²) in [5, 5.41) is 1.02. The van der Waals surface area contributed by atoms with E-state index in [9.17, 15) is 4.79 Å². The molecule has 1 aliphatic heterocycles. The number of amides is 1. The monoisotopic (exact) mass is 485 g/mol. The summed E-state index contributed by atoms with van der Waals surface area (Å²) in [6.07, 6.45) is 5.45. The Kier molecular flexibility index (Phi) is 7.29. The van der Waals surface area contributed by atoms with Crippen LogP contribution in [-0.2, 0) is 4.79 Å². The summed E-state index contributed by atoms with van der Waals surface area (Å²) in [5.41, 5.74) is 1.83. The zero-order valence-corrected chi connectivity index (χ0v) is 20.8. The number of carbonyl (C=O) groups is 1. The molecule has 0 bridgehead atoms. The van der Waals surface area contributed by atoms with E-state index in [-0.39, 0.29) is 5.91 Å². The van der Waals surface area contributed by atoms with Crippen molar-refractivity contribution in [2.24, 2.45) is 0 Å². The van der Waals surface area contributed by atoms with Gasteiger partial charge in [-0.25, -0.2) is 4.98 Å². The third-order valence-electron chi connectivity index (χ3n) is 5.55. The lowest BCUT2D eigenvalue weighted by molar-refractivity contribution is -0.126. The summed E-state index contributed by atoms with van der Waals surface area (Å²) >= 11 is 3.45. The molecule has 7 nitrogen and oxygen atoms in total. The molecule has 33 heavy (non-hydrogen) atoms. The van der Waals surface area contributed by atoms with Crippen LogP contribution in [0.3, 0.4) is 0 Å². The highest BCUT2D eigenvalue weighted by atomic mass is 32.2. The standard InChI is InChI=1S/C24H27N3O4S2/c1-29-19-13-16(14-20(30-2)23(19)31-3)5-8-22(28)26-9-11-27(12-10-26)24-25-18-7-6-17(32-4)15-21(18)33-24/h5-8,13-15H,9-12H2,1-4H3/b8-5-. The van der Waals surface area contributed by atoms with Crippen molar-refractivity contribution in [2.45, 2.75) is 4.90 Å². The number of hydrogen-bond acceptors (Lipinski definition) is 8. The molecule has 9 heteroatoms. The topological polar surface area (TPSA) is 64.1 Å². The lowest BCUT2D eigenvalue weighted by atomic mass is 10.1. The Morgan fingerprint density at radius 1 is 1.03 bits per heavy atom. The van der Waals surface area contributed by atoms with Crippen molar-refractivity contribution >= 4 is 50.4 Å². The lowest BCUT2D eigenvalue weighted by Crippen LogP contribution is -2.48. The van der Waals surface area contributed by atoms with Crippen molar-refractivity contribution in [3.05, 3.63) is 42.0 Å². The molecule has 2 aromatic carbocycles. The van der Waals surface area contributed by atoms with Gasteiger partial charge in [-0.05, 0) is 48.2 Å². The van der Waals surface area contributed by atoms with Crippen LogP contribution in [0.15, 0.2) is 41.3 Å². The zero-order valence-electron chi connectivity index (χ0n) is 19.2. The molecule has 0 N–H and O–H groups in total. The van der Waals surface area contributed by atoms with Crippen LogP contribution >= 0.6 is 23.1 Å². The van der Waals surface area contributed by atoms with Crippen LogP contribution in [0.2, 0.25) is 0 Å². The second-order valence-electron chi connectivity index (χ2n) is 7.43. The van der Waals surface area contributed by atoms with Gasteiger partial charge in [0.15, 0.2) is 16.6 Å². The second-order valence-corrected chi connectivity index (χ2v) is 9.32. The molecule has 0 aliphatic carbocycles. The van der Waals surface area contributed by atoms with E-state index in [1.54, 1.807) is 56.6 Å². The highest BCUT2D eigenvalue weighted by molar-refractivity contribution is 7.98. The van der Waals surface area contributed by atoms with Crippen LogP contribution in [0.25, 0.3) is 16.3 Å². The normalized spacial score (nSPS) is 14.2. The minimum absolute atomic E-state index is 0.0164. The number of ether oxygens (including phenoxy) is 3. The first-order valence-corrected chi connectivity index (χ1v) is 12.6. The number of anilines is 1. The first-order valence-electron chi connectivity index (χ1n) is 10.5. The van der Waals surface area contributed by atoms with Gasteiger partial charge in [-0.1, -0.05) is 11.3 Å². The molecule has 0 unspecified atom stereocenters. The number of piperazine rings is 1. The highest BCUT2D eigenvalue weighted by Crippen LogP contribution is 2.38. The van der Waals surface area contributed by atoms with E-state index in [2.05, 4.69) is 29.4 Å². The number of aromatic nitrogens is 1. The van der Waals surface area contributed by atoms with E-state index in [0.29, 0.717) is 30.3 Å². The molecule has 1 fully saturated rings. The number of nitrogens with zero attached hydrogens (tertiary/aromatic N) is 3. The molecule has 1 aromatic heterocycles. The van der Waals surface area contributed by atoms with Gasteiger partial charge in [0.05, 0.1) is 31.5 Å². The number of rotatable bonds is 7. The van der Waals surface area contributed by atoms with Gasteiger partial charge >= 0.3 is 0 Å². The molecule has 2 heterocycles. The van der Waals surface area contributed by atoms with Crippen LogP contribution < -0.4 is 19.1 Å². The first-order chi connectivity index (χ1) is 16.1. The maximum Gasteiger partial charge on any atom is 0.246 e. The predicted molar refractivity (Wildman–Crippen MR) is 135 cm³/mol. The van der Waals surface area contributed by atoms with Crippen molar-refractivity contribution in [1.82, 2.24) is 9.88 Å². The summed E-state index contributed by atoms with van der Waals surface area (Å²) in [6.45, 7) is 2.84. The Bertz CT molecular complexity index is 1140. The van der Waals surface area contributed by atoms with E-state index in [1.807, 2.05) is 17.0 Å². The molecular formula is C24H27N3O4S2. The van der Waals surface area contributed by atoms with Crippen molar-refractivity contribution in [3.8, 4) is 17.2 Å². The quantitative estimate of drug-likeness (QED) is 0.363. The first kappa shape index (κ1) is 23.3. The summed E-state index contributed by atoms with van der Waals surface area (Å²) in [5.74, 6) is 1.62. The SMILES string of the molecule is COc1cc(/C=C\C(=O)N2CCN(c3nc4ccc(SC)cc4s3)CC2)cc(OC)c1OC. The molecule has 0 spiro atoms. The Labute approximate surface area is 201 Å². The van der Waals surface area contributed by atoms with Gasteiger partial charge in [0.25, 0.3) is 0 Å². The van der Waals surface area contributed by atoms with Crippen LogP contribution in [0.1, 0.15) is 5.56 Å². The van der Waals surface area contributed by atoms with E-state index in [4.69, 9.17) is 19.2 Å².